The van der Waals surface area contributed by atoms with Crippen molar-refractivity contribution >= 4 is 51.8 Å². The van der Waals surface area contributed by atoms with E-state index in [4.69, 9.17) is 5.11 Å². The average Bonchev–Trinajstić information content (AvgIpc) is 2.74. The van der Waals surface area contributed by atoms with Crippen LogP contribution in [0, 0.1) is 0 Å². The summed E-state index contributed by atoms with van der Waals surface area (Å²) >= 11 is 9.01. The second-order valence-corrected chi connectivity index (χ2v) is 7.02. The van der Waals surface area contributed by atoms with Crippen molar-refractivity contribution in [1.29, 1.82) is 0 Å². The van der Waals surface area contributed by atoms with Crippen molar-refractivity contribution in [2.75, 3.05) is 5.75 Å². The van der Waals surface area contributed by atoms with E-state index in [0.29, 0.717) is 25.0 Å². The standard InChI is InChI=1S/C12H16BrNO3S2/c13-10-5-4-8(19-10)2-1-3-11(15)14-9(6-7-18)12(16)17/h4-5,9,18H,1-3,6-7H2,(H,14,15)(H,16,17). The van der Waals surface area contributed by atoms with Crippen LogP contribution in [0.15, 0.2) is 15.9 Å². The maximum atomic E-state index is 11.6. The third-order valence-electron chi connectivity index (χ3n) is 2.51. The highest BCUT2D eigenvalue weighted by molar-refractivity contribution is 9.11. The molecule has 0 saturated heterocycles. The molecular formula is C12H16BrNO3S2. The van der Waals surface area contributed by atoms with Gasteiger partial charge in [-0.3, -0.25) is 4.79 Å². The predicted octanol–water partition coefficient (Wildman–Crippen LogP) is 2.72. The van der Waals surface area contributed by atoms with E-state index in [1.54, 1.807) is 11.3 Å². The van der Waals surface area contributed by atoms with Crippen molar-refractivity contribution in [3.63, 3.8) is 0 Å². The lowest BCUT2D eigenvalue weighted by atomic mass is 10.2. The normalized spacial score (nSPS) is 12.1. The minimum absolute atomic E-state index is 0.218. The van der Waals surface area contributed by atoms with E-state index >= 15 is 0 Å². The molecular weight excluding hydrogens is 350 g/mol. The van der Waals surface area contributed by atoms with Crippen LogP contribution >= 0.6 is 39.9 Å². The van der Waals surface area contributed by atoms with Gasteiger partial charge in [-0.05, 0) is 53.1 Å². The number of carbonyl (C=O) groups excluding carboxylic acids is 1. The van der Waals surface area contributed by atoms with Gasteiger partial charge in [0.1, 0.15) is 6.04 Å². The highest BCUT2D eigenvalue weighted by Crippen LogP contribution is 2.23. The molecule has 7 heteroatoms. The smallest absolute Gasteiger partial charge is 0.326 e. The summed E-state index contributed by atoms with van der Waals surface area (Å²) in [6.07, 6.45) is 2.22. The summed E-state index contributed by atoms with van der Waals surface area (Å²) in [7, 11) is 0. The van der Waals surface area contributed by atoms with Crippen LogP contribution in [0.5, 0.6) is 0 Å². The van der Waals surface area contributed by atoms with Gasteiger partial charge in [0.2, 0.25) is 5.91 Å². The molecule has 1 rings (SSSR count). The number of aliphatic carboxylic acids is 1. The molecule has 4 nitrogen and oxygen atoms in total. The first-order chi connectivity index (χ1) is 9.02. The Hall–Kier alpha value is -0.530. The topological polar surface area (TPSA) is 66.4 Å². The summed E-state index contributed by atoms with van der Waals surface area (Å²) < 4.78 is 1.08. The van der Waals surface area contributed by atoms with E-state index in [-0.39, 0.29) is 5.91 Å². The van der Waals surface area contributed by atoms with E-state index < -0.39 is 12.0 Å². The molecule has 106 valence electrons. The second-order valence-electron chi connectivity index (χ2n) is 4.03. The molecule has 1 aromatic heterocycles. The van der Waals surface area contributed by atoms with Gasteiger partial charge < -0.3 is 10.4 Å². The number of nitrogens with one attached hydrogen (secondary N) is 1. The number of aryl methyl sites for hydroxylation is 1. The molecule has 0 aliphatic carbocycles. The maximum absolute atomic E-state index is 11.6. The zero-order chi connectivity index (χ0) is 14.3. The Kier molecular flexibility index (Phi) is 7.48. The number of carboxylic acids is 1. The molecule has 0 aromatic carbocycles. The molecule has 19 heavy (non-hydrogen) atoms. The molecule has 0 spiro atoms. The first-order valence-electron chi connectivity index (χ1n) is 5.90. The second kappa shape index (κ2) is 8.60. The summed E-state index contributed by atoms with van der Waals surface area (Å²) in [6.45, 7) is 0. The fraction of sp³-hybridized carbons (Fsp3) is 0.500. The van der Waals surface area contributed by atoms with Crippen LogP contribution < -0.4 is 5.32 Å². The Morgan fingerprint density at radius 2 is 2.21 bits per heavy atom. The molecule has 0 radical (unpaired) electrons. The van der Waals surface area contributed by atoms with E-state index in [2.05, 4.69) is 33.9 Å². The summed E-state index contributed by atoms with van der Waals surface area (Å²) in [6, 6.07) is 3.17. The molecule has 2 N–H and O–H groups in total. The van der Waals surface area contributed by atoms with Gasteiger partial charge in [-0.2, -0.15) is 12.6 Å². The zero-order valence-corrected chi connectivity index (χ0v) is 13.6. The summed E-state index contributed by atoms with van der Waals surface area (Å²) in [4.78, 5) is 23.7. The molecule has 1 heterocycles. The van der Waals surface area contributed by atoms with Crippen LogP contribution in [0.1, 0.15) is 24.1 Å². The Labute approximate surface area is 130 Å². The number of carboxylic acid groups (broad SMARTS) is 1. The van der Waals surface area contributed by atoms with Gasteiger partial charge in [0.25, 0.3) is 0 Å². The number of amides is 1. The van der Waals surface area contributed by atoms with Crippen molar-refractivity contribution in [3.8, 4) is 0 Å². The van der Waals surface area contributed by atoms with Crippen molar-refractivity contribution in [1.82, 2.24) is 5.32 Å². The fourth-order valence-corrected chi connectivity index (χ4v) is 3.35. The van der Waals surface area contributed by atoms with Gasteiger partial charge in [-0.25, -0.2) is 4.79 Å². The zero-order valence-electron chi connectivity index (χ0n) is 10.3. The largest absolute Gasteiger partial charge is 0.480 e. The van der Waals surface area contributed by atoms with Crippen LogP contribution in [-0.4, -0.2) is 28.8 Å². The summed E-state index contributed by atoms with van der Waals surface area (Å²) in [5.41, 5.74) is 0. The van der Waals surface area contributed by atoms with Gasteiger partial charge in [-0.15, -0.1) is 11.3 Å². The van der Waals surface area contributed by atoms with Crippen molar-refractivity contribution in [2.24, 2.45) is 0 Å². The quantitative estimate of drug-likeness (QED) is 0.620. The number of hydrogen-bond donors (Lipinski definition) is 3. The van der Waals surface area contributed by atoms with Gasteiger partial charge in [0, 0.05) is 11.3 Å². The predicted molar refractivity (Wildman–Crippen MR) is 83.0 cm³/mol. The van der Waals surface area contributed by atoms with Crippen LogP contribution in [0.2, 0.25) is 0 Å². The number of carbonyl (C=O) groups is 2. The first kappa shape index (κ1) is 16.5. The van der Waals surface area contributed by atoms with E-state index in [0.717, 1.165) is 10.2 Å². The highest BCUT2D eigenvalue weighted by Gasteiger charge is 2.18. The molecule has 0 bridgehead atoms. The number of hydrogen-bond acceptors (Lipinski definition) is 4. The summed E-state index contributed by atoms with van der Waals surface area (Å²) in [5, 5.41) is 11.4. The van der Waals surface area contributed by atoms with Gasteiger partial charge >= 0.3 is 5.97 Å². The lowest BCUT2D eigenvalue weighted by Crippen LogP contribution is -2.41. The molecule has 0 saturated carbocycles. The molecule has 0 fully saturated rings. The molecule has 1 aromatic rings. The minimum Gasteiger partial charge on any atom is -0.480 e. The SMILES string of the molecule is O=C(CCCc1ccc(Br)s1)NC(CCS)C(=O)O. The van der Waals surface area contributed by atoms with Crippen molar-refractivity contribution in [2.45, 2.75) is 31.7 Å². The fourth-order valence-electron chi connectivity index (χ4n) is 1.56. The summed E-state index contributed by atoms with van der Waals surface area (Å²) in [5.74, 6) is -0.796. The van der Waals surface area contributed by atoms with Gasteiger partial charge in [0.15, 0.2) is 0 Å². The lowest BCUT2D eigenvalue weighted by molar-refractivity contribution is -0.141. The van der Waals surface area contributed by atoms with Crippen LogP contribution in [-0.2, 0) is 16.0 Å². The highest BCUT2D eigenvalue weighted by atomic mass is 79.9. The number of thiol groups is 1. The van der Waals surface area contributed by atoms with Crippen LogP contribution in [0.25, 0.3) is 0 Å². The third kappa shape index (κ3) is 6.44. The third-order valence-corrected chi connectivity index (χ3v) is 4.45. The number of thiophene rings is 1. The first-order valence-corrected chi connectivity index (χ1v) is 8.14. The van der Waals surface area contributed by atoms with Crippen LogP contribution in [0.4, 0.5) is 0 Å². The monoisotopic (exact) mass is 365 g/mol. The van der Waals surface area contributed by atoms with Crippen molar-refractivity contribution in [3.05, 3.63) is 20.8 Å². The molecule has 0 aliphatic heterocycles. The minimum atomic E-state index is -1.01. The molecule has 1 unspecified atom stereocenters. The Balaban J connectivity index is 2.28. The molecule has 1 amide bonds. The van der Waals surface area contributed by atoms with E-state index in [1.165, 1.54) is 4.88 Å². The number of rotatable bonds is 8. The number of halogens is 1. The Bertz CT molecular complexity index is 436. The molecule has 1 atom stereocenters. The average molecular weight is 366 g/mol. The Morgan fingerprint density at radius 3 is 2.74 bits per heavy atom. The van der Waals surface area contributed by atoms with Gasteiger partial charge in [0.05, 0.1) is 3.79 Å². The molecule has 0 aliphatic rings. The van der Waals surface area contributed by atoms with Gasteiger partial charge in [-0.1, -0.05) is 0 Å². The van der Waals surface area contributed by atoms with Crippen molar-refractivity contribution < 1.29 is 14.7 Å². The van der Waals surface area contributed by atoms with E-state index in [1.807, 2.05) is 12.1 Å². The maximum Gasteiger partial charge on any atom is 0.326 e. The van der Waals surface area contributed by atoms with Crippen LogP contribution in [0.3, 0.4) is 0 Å². The lowest BCUT2D eigenvalue weighted by Gasteiger charge is -2.12. The van der Waals surface area contributed by atoms with E-state index in [9.17, 15) is 9.59 Å². The Morgan fingerprint density at radius 1 is 1.47 bits per heavy atom.